The number of benzene rings is 2. The van der Waals surface area contributed by atoms with Crippen molar-refractivity contribution in [3.05, 3.63) is 59.9 Å². The van der Waals surface area contributed by atoms with Gasteiger partial charge in [0.05, 0.1) is 7.11 Å². The Kier molecular flexibility index (Phi) is 5.97. The van der Waals surface area contributed by atoms with Crippen molar-refractivity contribution < 1.29 is 13.9 Å². The highest BCUT2D eigenvalue weighted by Gasteiger charge is 2.09. The van der Waals surface area contributed by atoms with Gasteiger partial charge in [0.2, 0.25) is 0 Å². The van der Waals surface area contributed by atoms with Crippen LogP contribution in [0.3, 0.4) is 0 Å². The molecule has 23 heavy (non-hydrogen) atoms. The minimum Gasteiger partial charge on any atom is -0.494 e. The molecule has 0 unspecified atom stereocenters. The molecule has 2 rings (SSSR count). The van der Waals surface area contributed by atoms with Crippen LogP contribution < -0.4 is 15.0 Å². The number of carbonyl (C=O) groups excluding carboxylic acids is 1. The number of ether oxygens (including phenoxy) is 1. The number of hydrogen-bond donors (Lipinski definition) is 1. The van der Waals surface area contributed by atoms with Crippen molar-refractivity contribution in [1.29, 1.82) is 0 Å². The highest BCUT2D eigenvalue weighted by atomic mass is 19.1. The lowest BCUT2D eigenvalue weighted by Crippen LogP contribution is -2.28. The standard InChI is InChI=1S/C18H21FN2O2/c1-21(15-7-4-3-5-8-15)12-6-11-20-18(22)14-9-10-17(23-2)16(19)13-14/h3-5,7-10,13H,6,11-12H2,1-2H3,(H,20,22). The van der Waals surface area contributed by atoms with Gasteiger partial charge in [-0.2, -0.15) is 0 Å². The maximum absolute atomic E-state index is 13.6. The predicted molar refractivity (Wildman–Crippen MR) is 89.6 cm³/mol. The van der Waals surface area contributed by atoms with Gasteiger partial charge in [0.15, 0.2) is 11.6 Å². The molecule has 0 aliphatic rings. The summed E-state index contributed by atoms with van der Waals surface area (Å²) in [4.78, 5) is 14.1. The Morgan fingerprint density at radius 3 is 2.61 bits per heavy atom. The van der Waals surface area contributed by atoms with E-state index >= 15 is 0 Å². The zero-order valence-electron chi connectivity index (χ0n) is 13.4. The van der Waals surface area contributed by atoms with E-state index in [0.29, 0.717) is 12.1 Å². The number of rotatable bonds is 7. The summed E-state index contributed by atoms with van der Waals surface area (Å²) in [7, 11) is 3.40. The molecule has 0 atom stereocenters. The van der Waals surface area contributed by atoms with Gasteiger partial charge < -0.3 is 15.0 Å². The molecule has 0 aliphatic heterocycles. The lowest BCUT2D eigenvalue weighted by molar-refractivity contribution is 0.0953. The second kappa shape index (κ2) is 8.17. The average molecular weight is 316 g/mol. The molecular weight excluding hydrogens is 295 g/mol. The quantitative estimate of drug-likeness (QED) is 0.798. The van der Waals surface area contributed by atoms with Gasteiger partial charge in [-0.25, -0.2) is 4.39 Å². The maximum atomic E-state index is 13.6. The Labute approximate surface area is 135 Å². The topological polar surface area (TPSA) is 41.6 Å². The molecule has 0 saturated heterocycles. The van der Waals surface area contributed by atoms with Crippen LogP contribution in [0.2, 0.25) is 0 Å². The summed E-state index contributed by atoms with van der Waals surface area (Å²) in [5.41, 5.74) is 1.43. The molecule has 0 radical (unpaired) electrons. The van der Waals surface area contributed by atoms with Crippen molar-refractivity contribution in [3.8, 4) is 5.75 Å². The average Bonchev–Trinajstić information content (AvgIpc) is 2.59. The van der Waals surface area contributed by atoms with Crippen LogP contribution in [0.4, 0.5) is 10.1 Å². The van der Waals surface area contributed by atoms with Crippen LogP contribution in [0.1, 0.15) is 16.8 Å². The van der Waals surface area contributed by atoms with Crippen molar-refractivity contribution in [3.63, 3.8) is 0 Å². The number of hydrogen-bond acceptors (Lipinski definition) is 3. The summed E-state index contributed by atoms with van der Waals surface area (Å²) >= 11 is 0. The van der Waals surface area contributed by atoms with E-state index in [2.05, 4.69) is 10.2 Å². The monoisotopic (exact) mass is 316 g/mol. The molecule has 5 heteroatoms. The van der Waals surface area contributed by atoms with Crippen LogP contribution in [0.15, 0.2) is 48.5 Å². The van der Waals surface area contributed by atoms with Crippen molar-refractivity contribution in [2.45, 2.75) is 6.42 Å². The Morgan fingerprint density at radius 1 is 1.22 bits per heavy atom. The van der Waals surface area contributed by atoms with Crippen molar-refractivity contribution >= 4 is 11.6 Å². The van der Waals surface area contributed by atoms with Crippen LogP contribution in [-0.4, -0.2) is 33.2 Å². The van der Waals surface area contributed by atoms with Gasteiger partial charge in [-0.3, -0.25) is 4.79 Å². The van der Waals surface area contributed by atoms with E-state index in [1.165, 1.54) is 19.2 Å². The van der Waals surface area contributed by atoms with Gasteiger partial charge >= 0.3 is 0 Å². The van der Waals surface area contributed by atoms with Crippen molar-refractivity contribution in [2.24, 2.45) is 0 Å². The van der Waals surface area contributed by atoms with E-state index < -0.39 is 5.82 Å². The summed E-state index contributed by atoms with van der Waals surface area (Å²) in [5, 5.41) is 2.80. The first-order valence-corrected chi connectivity index (χ1v) is 7.49. The Bertz CT molecular complexity index is 647. The van der Waals surface area contributed by atoms with Gasteiger partial charge in [0.25, 0.3) is 5.91 Å². The molecule has 1 N–H and O–H groups in total. The molecule has 122 valence electrons. The van der Waals surface area contributed by atoms with Crippen LogP contribution in [0, 0.1) is 5.82 Å². The highest BCUT2D eigenvalue weighted by molar-refractivity contribution is 5.94. The molecule has 2 aromatic carbocycles. The molecule has 4 nitrogen and oxygen atoms in total. The zero-order valence-corrected chi connectivity index (χ0v) is 13.4. The lowest BCUT2D eigenvalue weighted by atomic mass is 10.2. The molecule has 0 saturated carbocycles. The second-order valence-electron chi connectivity index (χ2n) is 5.22. The normalized spacial score (nSPS) is 10.2. The Balaban J connectivity index is 1.78. The van der Waals surface area contributed by atoms with Gasteiger partial charge in [-0.05, 0) is 36.8 Å². The molecule has 0 aromatic heterocycles. The van der Waals surface area contributed by atoms with E-state index in [9.17, 15) is 9.18 Å². The van der Waals surface area contributed by atoms with Crippen molar-refractivity contribution in [1.82, 2.24) is 5.32 Å². The number of carbonyl (C=O) groups is 1. The first-order chi connectivity index (χ1) is 11.1. The van der Waals surface area contributed by atoms with Crippen LogP contribution >= 0.6 is 0 Å². The Morgan fingerprint density at radius 2 is 1.96 bits per heavy atom. The van der Waals surface area contributed by atoms with Crippen molar-refractivity contribution in [2.75, 3.05) is 32.1 Å². The fraction of sp³-hybridized carbons (Fsp3) is 0.278. The number of methoxy groups -OCH3 is 1. The van der Waals surface area contributed by atoms with Gasteiger partial charge in [-0.1, -0.05) is 18.2 Å². The first kappa shape index (κ1) is 16.8. The van der Waals surface area contributed by atoms with E-state index in [0.717, 1.165) is 18.7 Å². The fourth-order valence-electron chi connectivity index (χ4n) is 2.24. The molecule has 0 bridgehead atoms. The number of nitrogens with one attached hydrogen (secondary N) is 1. The maximum Gasteiger partial charge on any atom is 0.251 e. The molecule has 0 aliphatic carbocycles. The predicted octanol–water partition coefficient (Wildman–Crippen LogP) is 3.09. The highest BCUT2D eigenvalue weighted by Crippen LogP contribution is 2.17. The summed E-state index contributed by atoms with van der Waals surface area (Å²) < 4.78 is 18.4. The third-order valence-electron chi connectivity index (χ3n) is 3.57. The minimum atomic E-state index is -0.538. The third kappa shape index (κ3) is 4.71. The van der Waals surface area contributed by atoms with E-state index in [-0.39, 0.29) is 11.7 Å². The lowest BCUT2D eigenvalue weighted by Gasteiger charge is -2.19. The van der Waals surface area contributed by atoms with Gasteiger partial charge in [-0.15, -0.1) is 0 Å². The largest absolute Gasteiger partial charge is 0.494 e. The molecule has 2 aromatic rings. The number of nitrogens with zero attached hydrogens (tertiary/aromatic N) is 1. The molecular formula is C18H21FN2O2. The van der Waals surface area contributed by atoms with E-state index in [1.807, 2.05) is 37.4 Å². The summed E-state index contributed by atoms with van der Waals surface area (Å²) in [6, 6.07) is 14.2. The van der Waals surface area contributed by atoms with Crippen LogP contribution in [0.25, 0.3) is 0 Å². The summed E-state index contributed by atoms with van der Waals surface area (Å²) in [5.74, 6) is -0.691. The third-order valence-corrected chi connectivity index (χ3v) is 3.57. The number of anilines is 1. The molecule has 0 fully saturated rings. The fourth-order valence-corrected chi connectivity index (χ4v) is 2.24. The van der Waals surface area contributed by atoms with E-state index in [4.69, 9.17) is 4.74 Å². The zero-order chi connectivity index (χ0) is 16.7. The van der Waals surface area contributed by atoms with Crippen LogP contribution in [0.5, 0.6) is 5.75 Å². The SMILES string of the molecule is COc1ccc(C(=O)NCCCN(C)c2ccccc2)cc1F. The van der Waals surface area contributed by atoms with Crippen LogP contribution in [-0.2, 0) is 0 Å². The summed E-state index contributed by atoms with van der Waals surface area (Å²) in [6.07, 6.45) is 0.801. The Hall–Kier alpha value is -2.56. The second-order valence-corrected chi connectivity index (χ2v) is 5.22. The van der Waals surface area contributed by atoms with Gasteiger partial charge in [0, 0.05) is 31.4 Å². The van der Waals surface area contributed by atoms with Gasteiger partial charge in [0.1, 0.15) is 0 Å². The summed E-state index contributed by atoms with van der Waals surface area (Å²) in [6.45, 7) is 1.35. The number of halogens is 1. The number of para-hydroxylation sites is 1. The van der Waals surface area contributed by atoms with E-state index in [1.54, 1.807) is 6.07 Å². The molecule has 0 heterocycles. The minimum absolute atomic E-state index is 0.131. The molecule has 0 spiro atoms. The number of amides is 1. The molecule has 1 amide bonds. The smallest absolute Gasteiger partial charge is 0.251 e. The first-order valence-electron chi connectivity index (χ1n) is 7.49.